The number of nitrogens with one attached hydrogen (secondary N) is 3. The van der Waals surface area contributed by atoms with E-state index in [0.29, 0.717) is 34.4 Å². The predicted octanol–water partition coefficient (Wildman–Crippen LogP) is 1.68. The number of H-pyrrole nitrogens is 1. The maximum absolute atomic E-state index is 12.6. The van der Waals surface area contributed by atoms with Crippen LogP contribution in [0.2, 0.25) is 0 Å². The molecule has 3 N–H and O–H groups in total. The molecule has 8 heteroatoms. The van der Waals surface area contributed by atoms with Crippen molar-refractivity contribution in [2.24, 2.45) is 7.05 Å². The number of aromatic amines is 1. The van der Waals surface area contributed by atoms with Crippen LogP contribution in [0.15, 0.2) is 0 Å². The van der Waals surface area contributed by atoms with Crippen LogP contribution in [-0.4, -0.2) is 44.5 Å². The van der Waals surface area contributed by atoms with E-state index in [0.717, 1.165) is 31.8 Å². The van der Waals surface area contributed by atoms with Crippen molar-refractivity contribution in [2.45, 2.75) is 39.5 Å². The van der Waals surface area contributed by atoms with Crippen molar-refractivity contribution in [1.29, 1.82) is 0 Å². The van der Waals surface area contributed by atoms with E-state index in [1.807, 2.05) is 0 Å². The van der Waals surface area contributed by atoms with E-state index in [1.54, 1.807) is 25.6 Å². The zero-order chi connectivity index (χ0) is 18.1. The van der Waals surface area contributed by atoms with Crippen molar-refractivity contribution in [3.8, 4) is 0 Å². The van der Waals surface area contributed by atoms with Gasteiger partial charge in [0.05, 0.1) is 0 Å². The Kier molecular flexibility index (Phi) is 4.71. The van der Waals surface area contributed by atoms with E-state index in [2.05, 4.69) is 25.7 Å². The Hall–Kier alpha value is -2.48. The van der Waals surface area contributed by atoms with Gasteiger partial charge < -0.3 is 10.3 Å². The fourth-order valence-corrected chi connectivity index (χ4v) is 3.44. The molecule has 25 heavy (non-hydrogen) atoms. The third kappa shape index (κ3) is 3.34. The Morgan fingerprint density at radius 2 is 1.92 bits per heavy atom. The van der Waals surface area contributed by atoms with Gasteiger partial charge in [0.25, 0.3) is 5.91 Å². The average Bonchev–Trinajstić information content (AvgIpc) is 3.08. The summed E-state index contributed by atoms with van der Waals surface area (Å²) in [6, 6.07) is 0. The number of ketones is 1. The first-order chi connectivity index (χ1) is 11.9. The molecule has 0 aliphatic carbocycles. The number of aromatic nitrogens is 4. The van der Waals surface area contributed by atoms with E-state index < -0.39 is 0 Å². The van der Waals surface area contributed by atoms with E-state index in [9.17, 15) is 9.59 Å². The fourth-order valence-electron chi connectivity index (χ4n) is 3.44. The molecule has 1 fully saturated rings. The molecule has 0 atom stereocenters. The number of hydrogen-bond acceptors (Lipinski definition) is 5. The van der Waals surface area contributed by atoms with Crippen LogP contribution in [0.5, 0.6) is 0 Å². The van der Waals surface area contributed by atoms with Crippen molar-refractivity contribution in [3.63, 3.8) is 0 Å². The molecular formula is C17H24N6O2. The predicted molar refractivity (Wildman–Crippen MR) is 94.1 cm³/mol. The Balaban J connectivity index is 1.81. The molecule has 0 aromatic carbocycles. The molecule has 1 aliphatic rings. The van der Waals surface area contributed by atoms with Gasteiger partial charge >= 0.3 is 0 Å². The number of carbonyl (C=O) groups is 2. The fraction of sp³-hybridized carbons (Fsp3) is 0.529. The standard InChI is InChI=1S/C17H24N6O2/c1-9-13(11(3)24)10(2)19-14(9)16(25)21-17-20-15(22-23(17)4)12-5-7-18-8-6-12/h12,18-19H,5-8H2,1-4H3,(H,20,21,22,25). The molecule has 134 valence electrons. The highest BCUT2D eigenvalue weighted by atomic mass is 16.2. The van der Waals surface area contributed by atoms with Crippen LogP contribution in [0, 0.1) is 13.8 Å². The number of nitrogens with zero attached hydrogens (tertiary/aromatic N) is 3. The topological polar surface area (TPSA) is 105 Å². The summed E-state index contributed by atoms with van der Waals surface area (Å²) in [6.07, 6.45) is 1.99. The van der Waals surface area contributed by atoms with Gasteiger partial charge in [-0.05, 0) is 52.3 Å². The van der Waals surface area contributed by atoms with E-state index >= 15 is 0 Å². The molecule has 1 aliphatic heterocycles. The van der Waals surface area contributed by atoms with Gasteiger partial charge in [-0.25, -0.2) is 4.68 Å². The largest absolute Gasteiger partial charge is 0.354 e. The molecule has 2 aromatic rings. The Labute approximate surface area is 146 Å². The van der Waals surface area contributed by atoms with Crippen molar-refractivity contribution in [1.82, 2.24) is 25.1 Å². The number of anilines is 1. The maximum Gasteiger partial charge on any atom is 0.274 e. The minimum absolute atomic E-state index is 0.0582. The first-order valence-electron chi connectivity index (χ1n) is 8.51. The van der Waals surface area contributed by atoms with Crippen LogP contribution >= 0.6 is 0 Å². The number of rotatable bonds is 4. The van der Waals surface area contributed by atoms with Gasteiger partial charge in [-0.1, -0.05) is 0 Å². The van der Waals surface area contributed by atoms with E-state index in [1.165, 1.54) is 6.92 Å². The van der Waals surface area contributed by atoms with Gasteiger partial charge in [0, 0.05) is 24.2 Å². The lowest BCUT2D eigenvalue weighted by Gasteiger charge is -2.19. The molecule has 0 radical (unpaired) electrons. The molecule has 8 nitrogen and oxygen atoms in total. The van der Waals surface area contributed by atoms with Gasteiger partial charge in [0.2, 0.25) is 5.95 Å². The van der Waals surface area contributed by atoms with E-state index in [4.69, 9.17) is 0 Å². The van der Waals surface area contributed by atoms with Crippen LogP contribution in [0.1, 0.15) is 63.6 Å². The summed E-state index contributed by atoms with van der Waals surface area (Å²) in [5.74, 6) is 1.12. The lowest BCUT2D eigenvalue weighted by molar-refractivity contribution is 0.101. The summed E-state index contributed by atoms with van der Waals surface area (Å²) in [7, 11) is 1.76. The van der Waals surface area contributed by atoms with Crippen molar-refractivity contribution in [2.75, 3.05) is 18.4 Å². The summed E-state index contributed by atoms with van der Waals surface area (Å²) in [6.45, 7) is 6.97. The molecule has 0 bridgehead atoms. The monoisotopic (exact) mass is 344 g/mol. The highest BCUT2D eigenvalue weighted by molar-refractivity contribution is 6.07. The van der Waals surface area contributed by atoms with Gasteiger partial charge in [-0.15, -0.1) is 0 Å². The molecule has 3 rings (SSSR count). The summed E-state index contributed by atoms with van der Waals surface area (Å²) >= 11 is 0. The Morgan fingerprint density at radius 3 is 2.52 bits per heavy atom. The molecular weight excluding hydrogens is 320 g/mol. The summed E-state index contributed by atoms with van der Waals surface area (Å²) in [4.78, 5) is 31.9. The number of aryl methyl sites for hydroxylation is 2. The van der Waals surface area contributed by atoms with Crippen LogP contribution in [0.4, 0.5) is 5.95 Å². The number of amides is 1. The molecule has 1 amide bonds. The third-order valence-corrected chi connectivity index (χ3v) is 4.73. The smallest absolute Gasteiger partial charge is 0.274 e. The van der Waals surface area contributed by atoms with Crippen molar-refractivity contribution in [3.05, 3.63) is 28.3 Å². The zero-order valence-electron chi connectivity index (χ0n) is 15.1. The molecule has 0 spiro atoms. The lowest BCUT2D eigenvalue weighted by Crippen LogP contribution is -2.27. The normalized spacial score (nSPS) is 15.4. The quantitative estimate of drug-likeness (QED) is 0.732. The van der Waals surface area contributed by atoms with Crippen LogP contribution < -0.4 is 10.6 Å². The summed E-state index contributed by atoms with van der Waals surface area (Å²) in [5.41, 5.74) is 2.30. The van der Waals surface area contributed by atoms with Gasteiger partial charge in [-0.3, -0.25) is 14.9 Å². The van der Waals surface area contributed by atoms with Crippen molar-refractivity contribution < 1.29 is 9.59 Å². The maximum atomic E-state index is 12.6. The van der Waals surface area contributed by atoms with Crippen molar-refractivity contribution >= 4 is 17.6 Å². The van der Waals surface area contributed by atoms with Crippen LogP contribution in [0.25, 0.3) is 0 Å². The average molecular weight is 344 g/mol. The highest BCUT2D eigenvalue weighted by Crippen LogP contribution is 2.24. The molecule has 0 saturated carbocycles. The number of hydrogen-bond donors (Lipinski definition) is 3. The molecule has 1 saturated heterocycles. The highest BCUT2D eigenvalue weighted by Gasteiger charge is 2.23. The number of Topliss-reactive ketones (excluding diaryl/α,β-unsaturated/α-hetero) is 1. The van der Waals surface area contributed by atoms with Gasteiger partial charge in [-0.2, -0.15) is 10.1 Å². The second-order valence-corrected chi connectivity index (χ2v) is 6.58. The lowest BCUT2D eigenvalue weighted by atomic mass is 9.98. The number of piperidine rings is 1. The van der Waals surface area contributed by atoms with Crippen LogP contribution in [0.3, 0.4) is 0 Å². The van der Waals surface area contributed by atoms with E-state index in [-0.39, 0.29) is 11.7 Å². The van der Waals surface area contributed by atoms with Gasteiger partial charge in [0.15, 0.2) is 11.6 Å². The number of carbonyl (C=O) groups excluding carboxylic acids is 2. The zero-order valence-corrected chi connectivity index (χ0v) is 15.1. The summed E-state index contributed by atoms with van der Waals surface area (Å²) < 4.78 is 1.59. The first-order valence-corrected chi connectivity index (χ1v) is 8.51. The second-order valence-electron chi connectivity index (χ2n) is 6.58. The minimum Gasteiger partial charge on any atom is -0.354 e. The van der Waals surface area contributed by atoms with Crippen LogP contribution in [-0.2, 0) is 7.05 Å². The minimum atomic E-state index is -0.319. The molecule has 0 unspecified atom stereocenters. The van der Waals surface area contributed by atoms with Gasteiger partial charge in [0.1, 0.15) is 5.69 Å². The summed E-state index contributed by atoms with van der Waals surface area (Å²) in [5, 5.41) is 10.6. The Morgan fingerprint density at radius 1 is 1.24 bits per heavy atom. The molecule has 3 heterocycles. The Bertz CT molecular complexity index is 813. The first kappa shape index (κ1) is 17.3. The molecule has 2 aromatic heterocycles. The second kappa shape index (κ2) is 6.79. The third-order valence-electron chi connectivity index (χ3n) is 4.73. The SMILES string of the molecule is CC(=O)c1c(C)[nH]c(C(=O)Nc2nc(C3CCNCC3)nn2C)c1C.